The van der Waals surface area contributed by atoms with Crippen molar-refractivity contribution in [3.63, 3.8) is 0 Å². The van der Waals surface area contributed by atoms with Crippen molar-refractivity contribution in [2.24, 2.45) is 5.73 Å². The summed E-state index contributed by atoms with van der Waals surface area (Å²) in [6, 6.07) is 6.56. The van der Waals surface area contributed by atoms with E-state index in [0.29, 0.717) is 25.9 Å². The Kier molecular flexibility index (Phi) is 4.25. The third-order valence-electron chi connectivity index (χ3n) is 3.45. The molecule has 0 radical (unpaired) electrons. The molecule has 1 aliphatic heterocycles. The monoisotopic (exact) mass is 284 g/mol. The maximum atomic E-state index is 12.5. The molecule has 1 aromatic rings. The molecule has 0 spiro atoms. The second kappa shape index (κ2) is 5.58. The Morgan fingerprint density at radius 2 is 2.00 bits per heavy atom. The number of hydrogen-bond donors (Lipinski definition) is 2. The second-order valence-electron chi connectivity index (χ2n) is 5.00. The zero-order valence-electron chi connectivity index (χ0n) is 11.0. The molecule has 1 heterocycles. The lowest BCUT2D eigenvalue weighted by molar-refractivity contribution is 0.113. The summed E-state index contributed by atoms with van der Waals surface area (Å²) in [6.07, 6.45) is 0.597. The van der Waals surface area contributed by atoms with Crippen LogP contribution in [0.25, 0.3) is 0 Å². The van der Waals surface area contributed by atoms with Crippen molar-refractivity contribution in [2.45, 2.75) is 36.8 Å². The first-order valence-corrected chi connectivity index (χ1v) is 7.89. The first kappa shape index (κ1) is 14.5. The number of aliphatic hydroxyl groups excluding tert-OH is 1. The standard InChI is InChI=1S/C13H20N2O3S/c1-10(14)11-3-2-4-13(9-11)19(17,18)15-7-5-12(16)6-8-15/h2-4,9-10,12,16H,5-8,14H2,1H3. The molecule has 6 heteroatoms. The number of rotatable bonds is 3. The van der Waals surface area contributed by atoms with E-state index in [1.165, 1.54) is 4.31 Å². The van der Waals surface area contributed by atoms with Crippen LogP contribution in [0, 0.1) is 0 Å². The lowest BCUT2D eigenvalue weighted by Crippen LogP contribution is -2.40. The lowest BCUT2D eigenvalue weighted by Gasteiger charge is -2.28. The third kappa shape index (κ3) is 3.14. The zero-order chi connectivity index (χ0) is 14.0. The summed E-state index contributed by atoms with van der Waals surface area (Å²) >= 11 is 0. The van der Waals surface area contributed by atoms with Crippen LogP contribution in [0.2, 0.25) is 0 Å². The molecule has 1 saturated heterocycles. The Bertz CT molecular complexity index is 535. The van der Waals surface area contributed by atoms with Gasteiger partial charge < -0.3 is 10.8 Å². The summed E-state index contributed by atoms with van der Waals surface area (Å²) in [5.41, 5.74) is 6.58. The van der Waals surface area contributed by atoms with Crippen molar-refractivity contribution < 1.29 is 13.5 Å². The van der Waals surface area contributed by atoms with Gasteiger partial charge in [0.25, 0.3) is 0 Å². The zero-order valence-corrected chi connectivity index (χ0v) is 11.8. The van der Waals surface area contributed by atoms with Gasteiger partial charge in [0, 0.05) is 19.1 Å². The van der Waals surface area contributed by atoms with Crippen LogP contribution in [-0.2, 0) is 10.0 Å². The molecule has 1 unspecified atom stereocenters. The van der Waals surface area contributed by atoms with Gasteiger partial charge in [-0.25, -0.2) is 8.42 Å². The van der Waals surface area contributed by atoms with Crippen LogP contribution in [0.1, 0.15) is 31.4 Å². The first-order chi connectivity index (χ1) is 8.91. The van der Waals surface area contributed by atoms with Crippen LogP contribution < -0.4 is 5.73 Å². The lowest BCUT2D eigenvalue weighted by atomic mass is 10.1. The summed E-state index contributed by atoms with van der Waals surface area (Å²) < 4.78 is 26.4. The fraction of sp³-hybridized carbons (Fsp3) is 0.538. The topological polar surface area (TPSA) is 83.6 Å². The number of hydrogen-bond acceptors (Lipinski definition) is 4. The van der Waals surface area contributed by atoms with Gasteiger partial charge in [-0.1, -0.05) is 12.1 Å². The van der Waals surface area contributed by atoms with Crippen LogP contribution in [0.5, 0.6) is 0 Å². The molecule has 1 fully saturated rings. The normalized spacial score (nSPS) is 20.4. The van der Waals surface area contributed by atoms with Crippen LogP contribution in [0.15, 0.2) is 29.2 Å². The molecule has 5 nitrogen and oxygen atoms in total. The third-order valence-corrected chi connectivity index (χ3v) is 5.34. The molecule has 0 aromatic heterocycles. The van der Waals surface area contributed by atoms with Gasteiger partial charge in [-0.3, -0.25) is 0 Å². The van der Waals surface area contributed by atoms with E-state index in [9.17, 15) is 13.5 Å². The fourth-order valence-corrected chi connectivity index (χ4v) is 3.72. The maximum absolute atomic E-state index is 12.5. The number of aliphatic hydroxyl groups is 1. The van der Waals surface area contributed by atoms with E-state index in [-0.39, 0.29) is 17.0 Å². The van der Waals surface area contributed by atoms with Gasteiger partial charge >= 0.3 is 0 Å². The molecule has 0 aliphatic carbocycles. The second-order valence-corrected chi connectivity index (χ2v) is 6.93. The van der Waals surface area contributed by atoms with E-state index in [0.717, 1.165) is 5.56 Å². The number of nitrogens with two attached hydrogens (primary N) is 1. The Morgan fingerprint density at radius 1 is 1.37 bits per heavy atom. The average Bonchev–Trinajstić information content (AvgIpc) is 2.39. The summed E-state index contributed by atoms with van der Waals surface area (Å²) in [5, 5.41) is 9.44. The molecule has 1 aromatic carbocycles. The van der Waals surface area contributed by atoms with Gasteiger partial charge in [0.1, 0.15) is 0 Å². The highest BCUT2D eigenvalue weighted by Gasteiger charge is 2.28. The van der Waals surface area contributed by atoms with E-state index < -0.39 is 10.0 Å². The van der Waals surface area contributed by atoms with Crippen molar-refractivity contribution in [1.29, 1.82) is 0 Å². The number of nitrogens with zero attached hydrogens (tertiary/aromatic N) is 1. The van der Waals surface area contributed by atoms with E-state index in [1.54, 1.807) is 18.2 Å². The van der Waals surface area contributed by atoms with E-state index >= 15 is 0 Å². The molecule has 0 bridgehead atoms. The molecule has 1 aliphatic rings. The number of piperidine rings is 1. The molecular formula is C13H20N2O3S. The Hall–Kier alpha value is -0.950. The van der Waals surface area contributed by atoms with Crippen molar-refractivity contribution >= 4 is 10.0 Å². The van der Waals surface area contributed by atoms with E-state index in [2.05, 4.69) is 0 Å². The molecule has 106 valence electrons. The summed E-state index contributed by atoms with van der Waals surface area (Å²) in [4.78, 5) is 0.277. The van der Waals surface area contributed by atoms with Crippen molar-refractivity contribution in [3.8, 4) is 0 Å². The molecule has 2 rings (SSSR count). The fourth-order valence-electron chi connectivity index (χ4n) is 2.19. The minimum Gasteiger partial charge on any atom is -0.393 e. The van der Waals surface area contributed by atoms with Crippen molar-refractivity contribution in [3.05, 3.63) is 29.8 Å². The minimum atomic E-state index is -3.47. The minimum absolute atomic E-state index is 0.196. The molecule has 0 saturated carbocycles. The Labute approximate surface area is 114 Å². The first-order valence-electron chi connectivity index (χ1n) is 6.45. The smallest absolute Gasteiger partial charge is 0.243 e. The summed E-state index contributed by atoms with van der Waals surface area (Å²) in [7, 11) is -3.47. The van der Waals surface area contributed by atoms with Gasteiger partial charge in [-0.15, -0.1) is 0 Å². The molecular weight excluding hydrogens is 264 g/mol. The van der Waals surface area contributed by atoms with Crippen LogP contribution >= 0.6 is 0 Å². The number of sulfonamides is 1. The highest BCUT2D eigenvalue weighted by molar-refractivity contribution is 7.89. The van der Waals surface area contributed by atoms with Crippen LogP contribution in [0.3, 0.4) is 0 Å². The van der Waals surface area contributed by atoms with Crippen LogP contribution in [-0.4, -0.2) is 37.0 Å². The number of benzene rings is 1. The summed E-state index contributed by atoms with van der Waals surface area (Å²) in [5.74, 6) is 0. The predicted octanol–water partition coefficient (Wildman–Crippen LogP) is 0.852. The molecule has 3 N–H and O–H groups in total. The van der Waals surface area contributed by atoms with Crippen molar-refractivity contribution in [2.75, 3.05) is 13.1 Å². The Balaban J connectivity index is 2.26. The van der Waals surface area contributed by atoms with Gasteiger partial charge in [-0.05, 0) is 37.5 Å². The highest BCUT2D eigenvalue weighted by atomic mass is 32.2. The van der Waals surface area contributed by atoms with Gasteiger partial charge in [0.05, 0.1) is 11.0 Å². The van der Waals surface area contributed by atoms with Gasteiger partial charge in [-0.2, -0.15) is 4.31 Å². The van der Waals surface area contributed by atoms with E-state index in [1.807, 2.05) is 13.0 Å². The Morgan fingerprint density at radius 3 is 2.58 bits per heavy atom. The molecule has 1 atom stereocenters. The van der Waals surface area contributed by atoms with E-state index in [4.69, 9.17) is 5.73 Å². The van der Waals surface area contributed by atoms with Gasteiger partial charge in [0.15, 0.2) is 0 Å². The largest absolute Gasteiger partial charge is 0.393 e. The average molecular weight is 284 g/mol. The summed E-state index contributed by atoms with van der Waals surface area (Å²) in [6.45, 7) is 2.56. The predicted molar refractivity (Wildman–Crippen MR) is 73.0 cm³/mol. The SMILES string of the molecule is CC(N)c1cccc(S(=O)(=O)N2CCC(O)CC2)c1. The highest BCUT2D eigenvalue weighted by Crippen LogP contribution is 2.22. The van der Waals surface area contributed by atoms with Crippen LogP contribution in [0.4, 0.5) is 0 Å². The van der Waals surface area contributed by atoms with Gasteiger partial charge in [0.2, 0.25) is 10.0 Å². The molecule has 19 heavy (non-hydrogen) atoms. The van der Waals surface area contributed by atoms with Crippen molar-refractivity contribution in [1.82, 2.24) is 4.31 Å². The molecule has 0 amide bonds. The quantitative estimate of drug-likeness (QED) is 0.862. The maximum Gasteiger partial charge on any atom is 0.243 e.